The maximum atomic E-state index is 15.1. The Morgan fingerprint density at radius 2 is 0.792 bits per heavy atom. The van der Waals surface area contributed by atoms with Crippen molar-refractivity contribution >= 4 is 81.7 Å². The van der Waals surface area contributed by atoms with Crippen LogP contribution in [-0.2, 0) is 0 Å². The topological polar surface area (TPSA) is 52.9 Å². The molecule has 0 aliphatic rings. The second-order valence-electron chi connectivity index (χ2n) is 13.5. The van der Waals surface area contributed by atoms with Gasteiger partial charge in [0.1, 0.15) is 11.6 Å². The Balaban J connectivity index is 1.26. The van der Waals surface area contributed by atoms with Crippen LogP contribution in [0.4, 0.5) is 8.78 Å². The van der Waals surface area contributed by atoms with Crippen LogP contribution >= 0.6 is 0 Å². The number of nitrogens with zero attached hydrogens (tertiary/aromatic N) is 6. The summed E-state index contributed by atoms with van der Waals surface area (Å²) in [5.74, 6) is 0.344. The zero-order valence-corrected chi connectivity index (χ0v) is 27.8. The van der Waals surface area contributed by atoms with E-state index >= 15 is 8.78 Å². The van der Waals surface area contributed by atoms with E-state index in [2.05, 4.69) is 52.9 Å². The Labute approximate surface area is 298 Å². The smallest absolute Gasteiger partial charge is 0.240 e. The van der Waals surface area contributed by atoms with Gasteiger partial charge in [0.05, 0.1) is 38.6 Å². The molecule has 248 valence electrons. The SMILES string of the molecule is Fc1ccc2c3ccccc3n(-c3nc(-c4cccc5c6cccc7c8ccccc8n(c45)c76)nc(-n4c5ccccc5c5ccc(F)cc54)n3)c2c1. The van der Waals surface area contributed by atoms with E-state index < -0.39 is 0 Å². The highest BCUT2D eigenvalue weighted by Crippen LogP contribution is 2.42. The number of benzene rings is 7. The predicted octanol–water partition coefficient (Wildman–Crippen LogP) is 11.2. The van der Waals surface area contributed by atoms with Gasteiger partial charge in [-0.05, 0) is 60.7 Å². The number of fused-ring (bicyclic) bond motifs is 12. The number of rotatable bonds is 3. The highest BCUT2D eigenvalue weighted by Gasteiger charge is 2.24. The summed E-state index contributed by atoms with van der Waals surface area (Å²) < 4.78 is 36.3. The molecule has 0 bridgehead atoms. The Bertz CT molecular complexity index is 3360. The van der Waals surface area contributed by atoms with Crippen LogP contribution in [0.1, 0.15) is 0 Å². The van der Waals surface area contributed by atoms with E-state index in [1.54, 1.807) is 12.1 Å². The zero-order chi connectivity index (χ0) is 34.9. The van der Waals surface area contributed by atoms with Crippen molar-refractivity contribution < 1.29 is 8.78 Å². The monoisotopic (exact) mass is 686 g/mol. The largest absolute Gasteiger partial charge is 0.307 e. The molecule has 53 heavy (non-hydrogen) atoms. The van der Waals surface area contributed by atoms with Crippen molar-refractivity contribution in [2.75, 3.05) is 0 Å². The molecule has 0 N–H and O–H groups in total. The third-order valence-corrected chi connectivity index (χ3v) is 10.8. The van der Waals surface area contributed by atoms with Crippen molar-refractivity contribution in [3.63, 3.8) is 0 Å². The molecule has 0 amide bonds. The van der Waals surface area contributed by atoms with Gasteiger partial charge in [0.15, 0.2) is 5.82 Å². The lowest BCUT2D eigenvalue weighted by atomic mass is 10.1. The standard InChI is InChI=1S/C45H24F2N6/c46-25-19-21-30-27-9-1-4-16-36(27)51(39(30)23-25)44-48-43(49-45(50-44)52-37-17-5-2-10-28(37)31-22-20-26(47)24-40(31)52)35-15-8-14-34-33-13-7-12-32-29-11-3-6-18-38(29)53(41(32)33)42(34)35/h1-24H. The van der Waals surface area contributed by atoms with Gasteiger partial charge in [-0.15, -0.1) is 0 Å². The van der Waals surface area contributed by atoms with Gasteiger partial charge in [0.25, 0.3) is 0 Å². The first kappa shape index (κ1) is 28.5. The fourth-order valence-corrected chi connectivity index (χ4v) is 8.64. The molecule has 6 nitrogen and oxygen atoms in total. The van der Waals surface area contributed by atoms with Gasteiger partial charge in [-0.3, -0.25) is 9.13 Å². The van der Waals surface area contributed by atoms with E-state index in [9.17, 15) is 0 Å². The number of hydrogen-bond acceptors (Lipinski definition) is 3. The Morgan fingerprint density at radius 3 is 1.38 bits per heavy atom. The summed E-state index contributed by atoms with van der Waals surface area (Å²) in [6.07, 6.45) is 0. The Kier molecular flexibility index (Phi) is 5.49. The summed E-state index contributed by atoms with van der Waals surface area (Å²) >= 11 is 0. The van der Waals surface area contributed by atoms with Crippen LogP contribution in [0.2, 0.25) is 0 Å². The quantitative estimate of drug-likeness (QED) is 0.186. The molecule has 5 heterocycles. The van der Waals surface area contributed by atoms with Crippen LogP contribution in [0.3, 0.4) is 0 Å². The van der Waals surface area contributed by atoms with Crippen molar-refractivity contribution in [1.82, 2.24) is 28.5 Å². The molecular weight excluding hydrogens is 663 g/mol. The Hall–Kier alpha value is -7.19. The molecule has 0 unspecified atom stereocenters. The van der Waals surface area contributed by atoms with E-state index in [0.717, 1.165) is 65.5 Å². The summed E-state index contributed by atoms with van der Waals surface area (Å²) in [6, 6.07) is 46.6. The van der Waals surface area contributed by atoms with Gasteiger partial charge < -0.3 is 4.40 Å². The molecule has 0 fully saturated rings. The summed E-state index contributed by atoms with van der Waals surface area (Å²) in [4.78, 5) is 15.7. The van der Waals surface area contributed by atoms with Crippen LogP contribution in [0, 0.1) is 11.6 Å². The van der Waals surface area contributed by atoms with E-state index in [1.165, 1.54) is 35.0 Å². The fraction of sp³-hybridized carbons (Fsp3) is 0. The number of hydrogen-bond donors (Lipinski definition) is 0. The molecule has 7 aromatic carbocycles. The van der Waals surface area contributed by atoms with Crippen molar-refractivity contribution in [2.45, 2.75) is 0 Å². The normalized spacial score (nSPS) is 12.3. The van der Waals surface area contributed by atoms with Crippen LogP contribution in [-0.4, -0.2) is 28.5 Å². The molecule has 5 aromatic heterocycles. The highest BCUT2D eigenvalue weighted by molar-refractivity contribution is 6.25. The average Bonchev–Trinajstić information content (AvgIpc) is 3.91. The minimum Gasteiger partial charge on any atom is -0.307 e. The zero-order valence-electron chi connectivity index (χ0n) is 27.8. The van der Waals surface area contributed by atoms with Gasteiger partial charge in [-0.1, -0.05) is 84.9 Å². The first-order chi connectivity index (χ1) is 26.1. The molecule has 0 spiro atoms. The van der Waals surface area contributed by atoms with Crippen LogP contribution < -0.4 is 0 Å². The van der Waals surface area contributed by atoms with E-state index in [0.29, 0.717) is 28.8 Å². The van der Waals surface area contributed by atoms with Crippen LogP contribution in [0.25, 0.3) is 105 Å². The molecule has 0 saturated carbocycles. The number of aromatic nitrogens is 6. The highest BCUT2D eigenvalue weighted by atomic mass is 19.1. The van der Waals surface area contributed by atoms with Gasteiger partial charge >= 0.3 is 0 Å². The predicted molar refractivity (Wildman–Crippen MR) is 209 cm³/mol. The third kappa shape index (κ3) is 3.76. The maximum Gasteiger partial charge on any atom is 0.240 e. The molecule has 12 aromatic rings. The van der Waals surface area contributed by atoms with Gasteiger partial charge in [-0.25, -0.2) is 8.78 Å². The van der Waals surface area contributed by atoms with Crippen molar-refractivity contribution in [2.24, 2.45) is 0 Å². The molecule has 0 saturated heterocycles. The lowest BCUT2D eigenvalue weighted by Gasteiger charge is -2.13. The second kappa shape index (κ2) is 10.2. The second-order valence-corrected chi connectivity index (χ2v) is 13.5. The minimum atomic E-state index is -0.365. The summed E-state index contributed by atoms with van der Waals surface area (Å²) in [6.45, 7) is 0. The molecule has 12 rings (SSSR count). The summed E-state index contributed by atoms with van der Waals surface area (Å²) in [7, 11) is 0. The fourth-order valence-electron chi connectivity index (χ4n) is 8.64. The van der Waals surface area contributed by atoms with Crippen molar-refractivity contribution in [1.29, 1.82) is 0 Å². The first-order valence-corrected chi connectivity index (χ1v) is 17.4. The average molecular weight is 687 g/mol. The molecule has 0 radical (unpaired) electrons. The van der Waals surface area contributed by atoms with Crippen molar-refractivity contribution in [3.8, 4) is 23.3 Å². The lowest BCUT2D eigenvalue weighted by Crippen LogP contribution is -2.10. The van der Waals surface area contributed by atoms with Gasteiger partial charge in [-0.2, -0.15) is 15.0 Å². The Morgan fingerprint density at radius 1 is 0.358 bits per heavy atom. The maximum absolute atomic E-state index is 15.1. The summed E-state index contributed by atoms with van der Waals surface area (Å²) in [5.41, 5.74) is 6.93. The molecule has 0 atom stereocenters. The van der Waals surface area contributed by atoms with E-state index in [1.807, 2.05) is 69.8 Å². The molecule has 0 aliphatic heterocycles. The molecule has 0 aliphatic carbocycles. The summed E-state index contributed by atoms with van der Waals surface area (Å²) in [5, 5.41) is 8.21. The van der Waals surface area contributed by atoms with Crippen LogP contribution in [0.5, 0.6) is 0 Å². The number of para-hydroxylation sites is 5. The van der Waals surface area contributed by atoms with E-state index in [-0.39, 0.29) is 11.6 Å². The van der Waals surface area contributed by atoms with Gasteiger partial charge in [0, 0.05) is 48.7 Å². The van der Waals surface area contributed by atoms with Crippen LogP contribution in [0.15, 0.2) is 146 Å². The lowest BCUT2D eigenvalue weighted by molar-refractivity contribution is 0.629. The van der Waals surface area contributed by atoms with Crippen molar-refractivity contribution in [3.05, 3.63) is 157 Å². The molecule has 8 heteroatoms. The third-order valence-electron chi connectivity index (χ3n) is 10.8. The first-order valence-electron chi connectivity index (χ1n) is 17.4. The molecular formula is C45H24F2N6. The minimum absolute atomic E-state index is 0.319. The van der Waals surface area contributed by atoms with E-state index in [4.69, 9.17) is 15.0 Å². The number of halogens is 2. The van der Waals surface area contributed by atoms with Gasteiger partial charge in [0.2, 0.25) is 11.9 Å².